The summed E-state index contributed by atoms with van der Waals surface area (Å²) in [4.78, 5) is 12.4. The van der Waals surface area contributed by atoms with E-state index in [9.17, 15) is 13.2 Å². The van der Waals surface area contributed by atoms with Gasteiger partial charge in [0.05, 0.1) is 11.4 Å². The molecule has 0 spiro atoms. The van der Waals surface area contributed by atoms with Crippen LogP contribution < -0.4 is 5.32 Å². The highest BCUT2D eigenvalue weighted by Gasteiger charge is 2.27. The van der Waals surface area contributed by atoms with Crippen molar-refractivity contribution in [2.24, 2.45) is 0 Å². The van der Waals surface area contributed by atoms with Gasteiger partial charge < -0.3 is 5.32 Å². The summed E-state index contributed by atoms with van der Waals surface area (Å²) < 4.78 is 26.8. The van der Waals surface area contributed by atoms with Crippen LogP contribution in [0.15, 0.2) is 23.1 Å². The highest BCUT2D eigenvalue weighted by Crippen LogP contribution is 2.26. The number of aryl methyl sites for hydroxylation is 2. The molecule has 1 aromatic rings. The van der Waals surface area contributed by atoms with Gasteiger partial charge in [-0.05, 0) is 63.3 Å². The van der Waals surface area contributed by atoms with Crippen molar-refractivity contribution in [3.63, 3.8) is 0 Å². The van der Waals surface area contributed by atoms with E-state index in [0.717, 1.165) is 24.8 Å². The lowest BCUT2D eigenvalue weighted by Gasteiger charge is -2.24. The molecule has 1 aliphatic rings. The number of benzene rings is 1. The molecular weight excluding hydrogens is 312 g/mol. The summed E-state index contributed by atoms with van der Waals surface area (Å²) in [6, 6.07) is 5.32. The number of likely N-dealkylation sites (N-methyl/N-ethyl adjacent to an activating group) is 1. The smallest absolute Gasteiger partial charge is 0.243 e. The molecule has 0 saturated carbocycles. The highest BCUT2D eigenvalue weighted by atomic mass is 32.2. The third-order valence-electron chi connectivity index (χ3n) is 3.89. The van der Waals surface area contributed by atoms with Gasteiger partial charge in [-0.2, -0.15) is 4.31 Å². The Kier molecular flexibility index (Phi) is 5.16. The Hall–Kier alpha value is -1.40. The van der Waals surface area contributed by atoms with E-state index >= 15 is 0 Å². The van der Waals surface area contributed by atoms with Crippen LogP contribution in [0, 0.1) is 0 Å². The van der Waals surface area contributed by atoms with Gasteiger partial charge in [-0.1, -0.05) is 13.0 Å². The van der Waals surface area contributed by atoms with E-state index in [2.05, 4.69) is 5.32 Å². The fourth-order valence-corrected chi connectivity index (χ4v) is 4.30. The molecule has 0 heterocycles. The molecule has 23 heavy (non-hydrogen) atoms. The second kappa shape index (κ2) is 6.61. The van der Waals surface area contributed by atoms with Crippen molar-refractivity contribution in [1.82, 2.24) is 9.62 Å². The number of nitrogens with zero attached hydrogens (tertiary/aromatic N) is 1. The molecule has 1 N–H and O–H groups in total. The van der Waals surface area contributed by atoms with E-state index in [4.69, 9.17) is 0 Å². The van der Waals surface area contributed by atoms with E-state index in [-0.39, 0.29) is 29.4 Å². The van der Waals surface area contributed by atoms with Crippen molar-refractivity contribution in [3.8, 4) is 0 Å². The van der Waals surface area contributed by atoms with Gasteiger partial charge >= 0.3 is 0 Å². The van der Waals surface area contributed by atoms with Crippen LogP contribution in [0.2, 0.25) is 0 Å². The molecule has 1 aliphatic carbocycles. The van der Waals surface area contributed by atoms with Crippen LogP contribution in [0.5, 0.6) is 0 Å². The van der Waals surface area contributed by atoms with Crippen molar-refractivity contribution >= 4 is 15.9 Å². The maximum atomic E-state index is 12.8. The summed E-state index contributed by atoms with van der Waals surface area (Å²) >= 11 is 0. The lowest BCUT2D eigenvalue weighted by atomic mass is 10.1. The summed E-state index contributed by atoms with van der Waals surface area (Å²) in [5.41, 5.74) is 1.96. The van der Waals surface area contributed by atoms with Gasteiger partial charge in [-0.15, -0.1) is 0 Å². The lowest BCUT2D eigenvalue weighted by Crippen LogP contribution is -2.47. The molecule has 1 amide bonds. The molecule has 0 bridgehead atoms. The SMILES string of the molecule is CCN(CC(=O)NC(C)(C)C)S(=O)(=O)c1ccc2c(c1)CCC2. The van der Waals surface area contributed by atoms with E-state index in [0.29, 0.717) is 0 Å². The Bertz CT molecular complexity index is 690. The average Bonchev–Trinajstić information content (AvgIpc) is 2.89. The maximum absolute atomic E-state index is 12.8. The summed E-state index contributed by atoms with van der Waals surface area (Å²) in [7, 11) is -3.65. The fraction of sp³-hybridized carbons (Fsp3) is 0.588. The Morgan fingerprint density at radius 1 is 1.22 bits per heavy atom. The number of fused-ring (bicyclic) bond motifs is 1. The van der Waals surface area contributed by atoms with Crippen LogP contribution in [0.1, 0.15) is 45.2 Å². The Labute approximate surface area is 139 Å². The monoisotopic (exact) mass is 338 g/mol. The Balaban J connectivity index is 2.20. The van der Waals surface area contributed by atoms with Gasteiger partial charge in [0.25, 0.3) is 0 Å². The largest absolute Gasteiger partial charge is 0.350 e. The van der Waals surface area contributed by atoms with Crippen LogP contribution in [0.4, 0.5) is 0 Å². The van der Waals surface area contributed by atoms with Crippen LogP contribution in [-0.4, -0.2) is 37.3 Å². The van der Waals surface area contributed by atoms with Crippen LogP contribution in [0.3, 0.4) is 0 Å². The van der Waals surface area contributed by atoms with Crippen molar-refractivity contribution < 1.29 is 13.2 Å². The Morgan fingerprint density at radius 3 is 2.48 bits per heavy atom. The summed E-state index contributed by atoms with van der Waals surface area (Å²) in [5.74, 6) is -0.288. The second-order valence-corrected chi connectivity index (χ2v) is 8.95. The third-order valence-corrected chi connectivity index (χ3v) is 5.81. The van der Waals surface area contributed by atoms with E-state index in [1.165, 1.54) is 9.87 Å². The molecular formula is C17H26N2O3S. The minimum absolute atomic E-state index is 0.160. The van der Waals surface area contributed by atoms with Crippen molar-refractivity contribution in [2.45, 2.75) is 57.4 Å². The fourth-order valence-electron chi connectivity index (χ4n) is 2.84. The quantitative estimate of drug-likeness (QED) is 0.894. The molecule has 2 rings (SSSR count). The molecule has 0 fully saturated rings. The molecule has 6 heteroatoms. The molecule has 0 saturated heterocycles. The zero-order valence-corrected chi connectivity index (χ0v) is 15.2. The maximum Gasteiger partial charge on any atom is 0.243 e. The number of carbonyl (C=O) groups is 1. The molecule has 1 aromatic carbocycles. The van der Waals surface area contributed by atoms with Crippen LogP contribution in [0.25, 0.3) is 0 Å². The van der Waals surface area contributed by atoms with Gasteiger partial charge in [-0.3, -0.25) is 4.79 Å². The Morgan fingerprint density at radius 2 is 1.87 bits per heavy atom. The van der Waals surface area contributed by atoms with Gasteiger partial charge in [0.15, 0.2) is 0 Å². The predicted molar refractivity (Wildman–Crippen MR) is 90.8 cm³/mol. The van der Waals surface area contributed by atoms with Gasteiger partial charge in [-0.25, -0.2) is 8.42 Å². The first kappa shape index (κ1) is 17.9. The zero-order valence-electron chi connectivity index (χ0n) is 14.3. The van der Waals surface area contributed by atoms with E-state index in [1.807, 2.05) is 26.8 Å². The minimum Gasteiger partial charge on any atom is -0.350 e. The standard InChI is InChI=1S/C17H26N2O3S/c1-5-19(12-16(20)18-17(2,3)4)23(21,22)15-10-9-13-7-6-8-14(13)11-15/h9-11H,5-8,12H2,1-4H3,(H,18,20). The van der Waals surface area contributed by atoms with Gasteiger partial charge in [0.1, 0.15) is 0 Å². The topological polar surface area (TPSA) is 66.5 Å². The summed E-state index contributed by atoms with van der Waals surface area (Å²) in [6.45, 7) is 7.46. The highest BCUT2D eigenvalue weighted by molar-refractivity contribution is 7.89. The lowest BCUT2D eigenvalue weighted by molar-refractivity contribution is -0.122. The molecule has 5 nitrogen and oxygen atoms in total. The normalized spacial score (nSPS) is 14.8. The molecule has 128 valence electrons. The first-order chi connectivity index (χ1) is 10.6. The summed E-state index contributed by atoms with van der Waals surface area (Å²) in [6.07, 6.45) is 3.01. The first-order valence-electron chi connectivity index (χ1n) is 8.06. The first-order valence-corrected chi connectivity index (χ1v) is 9.50. The summed E-state index contributed by atoms with van der Waals surface area (Å²) in [5, 5.41) is 2.80. The van der Waals surface area contributed by atoms with E-state index < -0.39 is 10.0 Å². The van der Waals surface area contributed by atoms with Crippen molar-refractivity contribution in [3.05, 3.63) is 29.3 Å². The number of hydrogen-bond donors (Lipinski definition) is 1. The number of sulfonamides is 1. The number of amides is 1. The number of rotatable bonds is 5. The van der Waals surface area contributed by atoms with Crippen LogP contribution >= 0.6 is 0 Å². The number of carbonyl (C=O) groups excluding carboxylic acids is 1. The number of hydrogen-bond acceptors (Lipinski definition) is 3. The third kappa shape index (κ3) is 4.32. The number of nitrogens with one attached hydrogen (secondary N) is 1. The second-order valence-electron chi connectivity index (χ2n) is 7.01. The van der Waals surface area contributed by atoms with Crippen LogP contribution in [-0.2, 0) is 27.7 Å². The molecule has 0 radical (unpaired) electrons. The molecule has 0 atom stereocenters. The van der Waals surface area contributed by atoms with E-state index in [1.54, 1.807) is 19.1 Å². The average molecular weight is 338 g/mol. The molecule has 0 aromatic heterocycles. The van der Waals surface area contributed by atoms with Crippen molar-refractivity contribution in [1.29, 1.82) is 0 Å². The molecule has 0 unspecified atom stereocenters. The predicted octanol–water partition coefficient (Wildman–Crippen LogP) is 2.10. The zero-order chi connectivity index (χ0) is 17.3. The van der Waals surface area contributed by atoms with Gasteiger partial charge in [0.2, 0.25) is 15.9 Å². The van der Waals surface area contributed by atoms with Crippen molar-refractivity contribution in [2.75, 3.05) is 13.1 Å². The van der Waals surface area contributed by atoms with Gasteiger partial charge in [0, 0.05) is 12.1 Å². The molecule has 0 aliphatic heterocycles. The minimum atomic E-state index is -3.65.